The second-order valence-corrected chi connectivity index (χ2v) is 7.01. The minimum Gasteiger partial charge on any atom is -0.481 e. The molecule has 0 aromatic rings. The molecule has 1 aliphatic heterocycles. The molecule has 1 aliphatic rings. The van der Waals surface area contributed by atoms with Crippen LogP contribution in [-0.2, 0) is 9.53 Å². The smallest absolute Gasteiger partial charge is 0.317 e. The summed E-state index contributed by atoms with van der Waals surface area (Å²) in [5, 5.41) is 12.2. The van der Waals surface area contributed by atoms with Gasteiger partial charge in [-0.3, -0.25) is 4.79 Å². The van der Waals surface area contributed by atoms with E-state index in [4.69, 9.17) is 4.74 Å². The maximum atomic E-state index is 12.2. The molecule has 1 atom stereocenters. The predicted molar refractivity (Wildman–Crippen MR) is 80.2 cm³/mol. The van der Waals surface area contributed by atoms with Crippen molar-refractivity contribution >= 4 is 12.0 Å². The Morgan fingerprint density at radius 1 is 1.33 bits per heavy atom. The lowest BCUT2D eigenvalue weighted by molar-refractivity contribution is -0.154. The summed E-state index contributed by atoms with van der Waals surface area (Å²) in [5.41, 5.74) is -0.936. The molecule has 1 saturated heterocycles. The molecule has 6 nitrogen and oxygen atoms in total. The minimum absolute atomic E-state index is 0.0325. The number of hydrogen-bond donors (Lipinski definition) is 2. The van der Waals surface area contributed by atoms with Crippen LogP contribution in [0.1, 0.15) is 40.5 Å². The molecule has 1 unspecified atom stereocenters. The first kappa shape index (κ1) is 17.8. The molecule has 1 heterocycles. The molecule has 0 aromatic heterocycles. The van der Waals surface area contributed by atoms with Gasteiger partial charge in [0.2, 0.25) is 0 Å². The summed E-state index contributed by atoms with van der Waals surface area (Å²) in [6.45, 7) is 9.19. The van der Waals surface area contributed by atoms with Gasteiger partial charge in [-0.15, -0.1) is 0 Å². The van der Waals surface area contributed by atoms with Crippen LogP contribution in [0, 0.1) is 10.8 Å². The van der Waals surface area contributed by atoms with Crippen LogP contribution in [0.2, 0.25) is 0 Å². The minimum atomic E-state index is -0.903. The van der Waals surface area contributed by atoms with E-state index in [1.807, 2.05) is 6.92 Å². The van der Waals surface area contributed by atoms with Crippen molar-refractivity contribution in [3.05, 3.63) is 0 Å². The van der Waals surface area contributed by atoms with Gasteiger partial charge in [-0.25, -0.2) is 4.79 Å². The second-order valence-electron chi connectivity index (χ2n) is 7.01. The molecular formula is C15H28N2O4. The standard InChI is InChI=1S/C15H28N2O4/c1-11(14(2,3)4)17(5)13(20)16-10-15(12(18)19)6-8-21-9-7-15/h11H,6-10H2,1-5H3,(H,16,20)(H,18,19). The number of hydrogen-bond acceptors (Lipinski definition) is 3. The number of aliphatic carboxylic acids is 1. The Hall–Kier alpha value is -1.30. The van der Waals surface area contributed by atoms with Crippen LogP contribution < -0.4 is 5.32 Å². The molecular weight excluding hydrogens is 272 g/mol. The van der Waals surface area contributed by atoms with E-state index in [1.54, 1.807) is 11.9 Å². The van der Waals surface area contributed by atoms with Gasteiger partial charge < -0.3 is 20.1 Å². The highest BCUT2D eigenvalue weighted by atomic mass is 16.5. The molecule has 0 bridgehead atoms. The lowest BCUT2D eigenvalue weighted by Gasteiger charge is -2.37. The highest BCUT2D eigenvalue weighted by Gasteiger charge is 2.41. The van der Waals surface area contributed by atoms with Crippen LogP contribution in [-0.4, -0.2) is 54.9 Å². The Kier molecular flexibility index (Phi) is 5.61. The molecule has 0 spiro atoms. The third kappa shape index (κ3) is 4.33. The summed E-state index contributed by atoms with van der Waals surface area (Å²) in [6, 6.07) is -0.183. The van der Waals surface area contributed by atoms with Gasteiger partial charge in [0, 0.05) is 32.8 Å². The highest BCUT2D eigenvalue weighted by molar-refractivity contribution is 5.78. The van der Waals surface area contributed by atoms with Crippen LogP contribution in [0.5, 0.6) is 0 Å². The molecule has 0 aromatic carbocycles. The number of amides is 2. The number of carboxylic acids is 1. The summed E-state index contributed by atoms with van der Waals surface area (Å²) in [4.78, 5) is 25.4. The van der Waals surface area contributed by atoms with Crippen LogP contribution in [0.4, 0.5) is 4.79 Å². The highest BCUT2D eigenvalue weighted by Crippen LogP contribution is 2.30. The van der Waals surface area contributed by atoms with Gasteiger partial charge in [0.15, 0.2) is 0 Å². The van der Waals surface area contributed by atoms with E-state index < -0.39 is 11.4 Å². The SMILES string of the molecule is CC(N(C)C(=O)NCC1(C(=O)O)CCOCC1)C(C)(C)C. The van der Waals surface area contributed by atoms with Crippen molar-refractivity contribution in [2.45, 2.75) is 46.6 Å². The van der Waals surface area contributed by atoms with E-state index >= 15 is 0 Å². The number of carbonyl (C=O) groups excluding carboxylic acids is 1. The average Bonchev–Trinajstić information content (AvgIpc) is 2.43. The van der Waals surface area contributed by atoms with Crippen molar-refractivity contribution in [1.29, 1.82) is 0 Å². The molecule has 1 rings (SSSR count). The zero-order chi connectivity index (χ0) is 16.3. The second kappa shape index (κ2) is 6.64. The van der Waals surface area contributed by atoms with Gasteiger partial charge in [-0.05, 0) is 25.2 Å². The van der Waals surface area contributed by atoms with E-state index in [0.717, 1.165) is 0 Å². The molecule has 1 fully saturated rings. The third-order valence-electron chi connectivity index (χ3n) is 4.64. The number of ether oxygens (including phenoxy) is 1. The zero-order valence-corrected chi connectivity index (χ0v) is 13.7. The fourth-order valence-corrected chi connectivity index (χ4v) is 2.35. The van der Waals surface area contributed by atoms with Gasteiger partial charge in [-0.1, -0.05) is 20.8 Å². The molecule has 2 N–H and O–H groups in total. The van der Waals surface area contributed by atoms with Crippen molar-refractivity contribution in [2.75, 3.05) is 26.8 Å². The monoisotopic (exact) mass is 300 g/mol. The van der Waals surface area contributed by atoms with Crippen molar-refractivity contribution in [3.63, 3.8) is 0 Å². The maximum absolute atomic E-state index is 12.2. The van der Waals surface area contributed by atoms with Crippen LogP contribution in [0.25, 0.3) is 0 Å². The van der Waals surface area contributed by atoms with Crippen LogP contribution in [0.15, 0.2) is 0 Å². The summed E-state index contributed by atoms with van der Waals surface area (Å²) >= 11 is 0. The fraction of sp³-hybridized carbons (Fsp3) is 0.867. The zero-order valence-electron chi connectivity index (χ0n) is 13.7. The van der Waals surface area contributed by atoms with Gasteiger partial charge in [0.1, 0.15) is 0 Å². The number of rotatable bonds is 4. The molecule has 6 heteroatoms. The summed E-state index contributed by atoms with van der Waals surface area (Å²) < 4.78 is 5.23. The Bertz CT molecular complexity index is 384. The summed E-state index contributed by atoms with van der Waals surface area (Å²) in [5.74, 6) is -0.863. The Morgan fingerprint density at radius 2 is 1.86 bits per heavy atom. The van der Waals surface area contributed by atoms with E-state index in [2.05, 4.69) is 26.1 Å². The quantitative estimate of drug-likeness (QED) is 0.831. The molecule has 0 radical (unpaired) electrons. The number of carboxylic acid groups (broad SMARTS) is 1. The van der Waals surface area contributed by atoms with Crippen LogP contribution >= 0.6 is 0 Å². The largest absolute Gasteiger partial charge is 0.481 e. The summed E-state index contributed by atoms with van der Waals surface area (Å²) in [7, 11) is 1.74. The normalized spacial score (nSPS) is 19.7. The van der Waals surface area contributed by atoms with Crippen molar-refractivity contribution in [2.24, 2.45) is 10.8 Å². The van der Waals surface area contributed by atoms with Crippen molar-refractivity contribution < 1.29 is 19.4 Å². The lowest BCUT2D eigenvalue weighted by Crippen LogP contribution is -2.52. The van der Waals surface area contributed by atoms with Gasteiger partial charge in [-0.2, -0.15) is 0 Å². The van der Waals surface area contributed by atoms with Gasteiger partial charge >= 0.3 is 12.0 Å². The first-order valence-electron chi connectivity index (χ1n) is 7.42. The van der Waals surface area contributed by atoms with Gasteiger partial charge in [0.25, 0.3) is 0 Å². The maximum Gasteiger partial charge on any atom is 0.317 e. The first-order chi connectivity index (χ1) is 9.60. The van der Waals surface area contributed by atoms with Crippen molar-refractivity contribution in [3.8, 4) is 0 Å². The van der Waals surface area contributed by atoms with E-state index in [9.17, 15) is 14.7 Å². The number of nitrogens with zero attached hydrogens (tertiary/aromatic N) is 1. The fourth-order valence-electron chi connectivity index (χ4n) is 2.35. The average molecular weight is 300 g/mol. The van der Waals surface area contributed by atoms with Gasteiger partial charge in [0.05, 0.1) is 5.41 Å². The summed E-state index contributed by atoms with van der Waals surface area (Å²) in [6.07, 6.45) is 0.863. The molecule has 21 heavy (non-hydrogen) atoms. The third-order valence-corrected chi connectivity index (χ3v) is 4.64. The van der Waals surface area contributed by atoms with Crippen LogP contribution in [0.3, 0.4) is 0 Å². The van der Waals surface area contributed by atoms with E-state index in [0.29, 0.717) is 26.1 Å². The Morgan fingerprint density at radius 3 is 2.29 bits per heavy atom. The lowest BCUT2D eigenvalue weighted by atomic mass is 9.80. The molecule has 0 saturated carbocycles. The Labute approximate surface area is 126 Å². The van der Waals surface area contributed by atoms with E-state index in [1.165, 1.54) is 0 Å². The predicted octanol–water partition coefficient (Wildman–Crippen LogP) is 1.94. The molecule has 2 amide bonds. The molecule has 122 valence electrons. The van der Waals surface area contributed by atoms with E-state index in [-0.39, 0.29) is 24.0 Å². The Balaban J connectivity index is 2.64. The molecule has 0 aliphatic carbocycles. The number of nitrogens with one attached hydrogen (secondary N) is 1. The van der Waals surface area contributed by atoms with Crippen molar-refractivity contribution in [1.82, 2.24) is 10.2 Å². The number of carbonyl (C=O) groups is 2. The first-order valence-corrected chi connectivity index (χ1v) is 7.42. The topological polar surface area (TPSA) is 78.9 Å². The number of urea groups is 1.